The normalized spacial score (nSPS) is 11.3. The number of thiazole rings is 1. The van der Waals surface area contributed by atoms with Crippen LogP contribution < -0.4 is 4.74 Å². The maximum absolute atomic E-state index is 11.8. The van der Waals surface area contributed by atoms with E-state index in [1.165, 1.54) is 35.6 Å². The van der Waals surface area contributed by atoms with Gasteiger partial charge in [0.1, 0.15) is 5.75 Å². The summed E-state index contributed by atoms with van der Waals surface area (Å²) in [5.41, 5.74) is 0.215. The Morgan fingerprint density at radius 3 is 2.68 bits per heavy atom. The van der Waals surface area contributed by atoms with Gasteiger partial charge in [-0.15, -0.1) is 11.3 Å². The number of benzene rings is 1. The van der Waals surface area contributed by atoms with Gasteiger partial charge in [0.05, 0.1) is 9.90 Å². The standard InChI is InChI=1S/C12H11NO4S2/c1-8-13-11(7-18-8)12(14)17-9-4-3-5-10(6-9)19(2,15)16/h3-7H,1-2H3. The molecule has 0 saturated heterocycles. The molecule has 19 heavy (non-hydrogen) atoms. The Balaban J connectivity index is 2.22. The first kappa shape index (κ1) is 13.7. The van der Waals surface area contributed by atoms with Crippen LogP contribution in [0, 0.1) is 6.92 Å². The van der Waals surface area contributed by atoms with E-state index in [0.29, 0.717) is 0 Å². The predicted molar refractivity (Wildman–Crippen MR) is 71.4 cm³/mol. The number of hydrogen-bond acceptors (Lipinski definition) is 6. The van der Waals surface area contributed by atoms with Crippen molar-refractivity contribution in [2.45, 2.75) is 11.8 Å². The van der Waals surface area contributed by atoms with Crippen molar-refractivity contribution in [2.75, 3.05) is 6.26 Å². The van der Waals surface area contributed by atoms with Crippen LogP contribution in [0.25, 0.3) is 0 Å². The van der Waals surface area contributed by atoms with Crippen LogP contribution in [-0.2, 0) is 9.84 Å². The van der Waals surface area contributed by atoms with Gasteiger partial charge >= 0.3 is 5.97 Å². The lowest BCUT2D eigenvalue weighted by Crippen LogP contribution is -2.09. The summed E-state index contributed by atoms with van der Waals surface area (Å²) in [5.74, 6) is -0.423. The molecule has 1 heterocycles. The molecule has 5 nitrogen and oxygen atoms in total. The summed E-state index contributed by atoms with van der Waals surface area (Å²) in [6.45, 7) is 1.78. The summed E-state index contributed by atoms with van der Waals surface area (Å²) in [4.78, 5) is 15.9. The van der Waals surface area contributed by atoms with E-state index in [-0.39, 0.29) is 16.3 Å². The number of rotatable bonds is 3. The summed E-state index contributed by atoms with van der Waals surface area (Å²) in [7, 11) is -3.33. The highest BCUT2D eigenvalue weighted by molar-refractivity contribution is 7.90. The van der Waals surface area contributed by atoms with Crippen LogP contribution in [0.2, 0.25) is 0 Å². The van der Waals surface area contributed by atoms with Gasteiger partial charge in [0.25, 0.3) is 0 Å². The third-order valence-electron chi connectivity index (χ3n) is 2.27. The zero-order valence-corrected chi connectivity index (χ0v) is 11.9. The first-order chi connectivity index (χ1) is 8.86. The molecule has 100 valence electrons. The summed E-state index contributed by atoms with van der Waals surface area (Å²) in [6, 6.07) is 5.79. The molecule has 0 N–H and O–H groups in total. The molecule has 0 amide bonds. The molecule has 0 unspecified atom stereocenters. The van der Waals surface area contributed by atoms with E-state index in [0.717, 1.165) is 11.3 Å². The fraction of sp³-hybridized carbons (Fsp3) is 0.167. The van der Waals surface area contributed by atoms with E-state index in [2.05, 4.69) is 4.98 Å². The highest BCUT2D eigenvalue weighted by atomic mass is 32.2. The fourth-order valence-electron chi connectivity index (χ4n) is 1.38. The number of nitrogens with zero attached hydrogens (tertiary/aromatic N) is 1. The smallest absolute Gasteiger partial charge is 0.363 e. The minimum absolute atomic E-state index is 0.104. The second-order valence-electron chi connectivity index (χ2n) is 3.89. The summed E-state index contributed by atoms with van der Waals surface area (Å²) in [5, 5.41) is 2.36. The molecule has 0 aliphatic carbocycles. The predicted octanol–water partition coefficient (Wildman–Crippen LogP) is 2.07. The minimum atomic E-state index is -3.33. The Bertz CT molecular complexity index is 719. The zero-order chi connectivity index (χ0) is 14.0. The number of esters is 1. The number of hydrogen-bond donors (Lipinski definition) is 0. The molecule has 2 aromatic rings. The molecule has 0 saturated carbocycles. The van der Waals surface area contributed by atoms with Crippen molar-refractivity contribution in [3.8, 4) is 5.75 Å². The number of ether oxygens (including phenoxy) is 1. The maximum atomic E-state index is 11.8. The van der Waals surface area contributed by atoms with E-state index >= 15 is 0 Å². The van der Waals surface area contributed by atoms with Gasteiger partial charge < -0.3 is 4.74 Å². The Morgan fingerprint density at radius 1 is 1.37 bits per heavy atom. The van der Waals surface area contributed by atoms with Crippen molar-refractivity contribution in [3.05, 3.63) is 40.3 Å². The minimum Gasteiger partial charge on any atom is -0.422 e. The fourth-order valence-corrected chi connectivity index (χ4v) is 2.62. The quantitative estimate of drug-likeness (QED) is 0.640. The molecule has 0 radical (unpaired) electrons. The van der Waals surface area contributed by atoms with Crippen LogP contribution in [0.1, 0.15) is 15.5 Å². The van der Waals surface area contributed by atoms with Gasteiger partial charge in [-0.1, -0.05) is 6.07 Å². The molecule has 1 aromatic heterocycles. The van der Waals surface area contributed by atoms with Gasteiger partial charge in [-0.3, -0.25) is 0 Å². The van der Waals surface area contributed by atoms with Crippen molar-refractivity contribution >= 4 is 27.1 Å². The lowest BCUT2D eigenvalue weighted by Gasteiger charge is -2.04. The number of carbonyl (C=O) groups is 1. The molecule has 0 bridgehead atoms. The SMILES string of the molecule is Cc1nc(C(=O)Oc2cccc(S(C)(=O)=O)c2)cs1. The van der Waals surface area contributed by atoms with Crippen molar-refractivity contribution in [1.29, 1.82) is 0 Å². The highest BCUT2D eigenvalue weighted by Crippen LogP contribution is 2.19. The van der Waals surface area contributed by atoms with Crippen LogP contribution in [0.3, 0.4) is 0 Å². The average molecular weight is 297 g/mol. The average Bonchev–Trinajstić information content (AvgIpc) is 2.75. The van der Waals surface area contributed by atoms with E-state index in [4.69, 9.17) is 4.74 Å². The Kier molecular flexibility index (Phi) is 3.68. The van der Waals surface area contributed by atoms with Gasteiger partial charge in [-0.2, -0.15) is 0 Å². The highest BCUT2D eigenvalue weighted by Gasteiger charge is 2.14. The van der Waals surface area contributed by atoms with E-state index in [1.54, 1.807) is 12.3 Å². The van der Waals surface area contributed by atoms with Gasteiger partial charge in [-0.05, 0) is 25.1 Å². The molecular weight excluding hydrogens is 286 g/mol. The van der Waals surface area contributed by atoms with E-state index in [9.17, 15) is 13.2 Å². The second kappa shape index (κ2) is 5.10. The Labute approximate surface area is 114 Å². The molecule has 0 aliphatic rings. The number of carbonyl (C=O) groups excluding carboxylic acids is 1. The number of aryl methyl sites for hydroxylation is 1. The van der Waals surface area contributed by atoms with Gasteiger partial charge in [0.15, 0.2) is 15.5 Å². The van der Waals surface area contributed by atoms with E-state index < -0.39 is 15.8 Å². The maximum Gasteiger partial charge on any atom is 0.363 e. The van der Waals surface area contributed by atoms with Crippen molar-refractivity contribution in [3.63, 3.8) is 0 Å². The molecular formula is C12H11NO4S2. The Hall–Kier alpha value is -1.73. The molecule has 0 fully saturated rings. The van der Waals surface area contributed by atoms with Gasteiger partial charge in [0, 0.05) is 11.6 Å². The monoisotopic (exact) mass is 297 g/mol. The second-order valence-corrected chi connectivity index (χ2v) is 6.97. The first-order valence-corrected chi connectivity index (χ1v) is 8.08. The third-order valence-corrected chi connectivity index (χ3v) is 4.16. The van der Waals surface area contributed by atoms with Crippen LogP contribution in [-0.4, -0.2) is 25.6 Å². The largest absolute Gasteiger partial charge is 0.422 e. The van der Waals surface area contributed by atoms with Gasteiger partial charge in [0.2, 0.25) is 0 Å². The van der Waals surface area contributed by atoms with Crippen LogP contribution in [0.15, 0.2) is 34.5 Å². The number of sulfone groups is 1. The topological polar surface area (TPSA) is 73.3 Å². The van der Waals surface area contributed by atoms with E-state index in [1.807, 2.05) is 0 Å². The first-order valence-electron chi connectivity index (χ1n) is 5.31. The van der Waals surface area contributed by atoms with Crippen LogP contribution in [0.5, 0.6) is 5.75 Å². The van der Waals surface area contributed by atoms with Crippen LogP contribution in [0.4, 0.5) is 0 Å². The molecule has 0 atom stereocenters. The molecule has 0 spiro atoms. The number of aromatic nitrogens is 1. The van der Waals surface area contributed by atoms with Crippen molar-refractivity contribution in [2.24, 2.45) is 0 Å². The lowest BCUT2D eigenvalue weighted by molar-refractivity contribution is 0.0729. The van der Waals surface area contributed by atoms with Gasteiger partial charge in [-0.25, -0.2) is 18.2 Å². The summed E-state index contributed by atoms with van der Waals surface area (Å²) < 4.78 is 27.9. The van der Waals surface area contributed by atoms with Crippen molar-refractivity contribution in [1.82, 2.24) is 4.98 Å². The Morgan fingerprint density at radius 2 is 2.11 bits per heavy atom. The lowest BCUT2D eigenvalue weighted by atomic mass is 10.3. The zero-order valence-electron chi connectivity index (χ0n) is 10.3. The summed E-state index contributed by atoms with van der Waals surface area (Å²) in [6.07, 6.45) is 1.09. The molecule has 1 aromatic carbocycles. The molecule has 0 aliphatic heterocycles. The molecule has 2 rings (SSSR count). The van der Waals surface area contributed by atoms with Crippen molar-refractivity contribution < 1.29 is 17.9 Å². The molecule has 7 heteroatoms. The third kappa shape index (κ3) is 3.39. The van der Waals surface area contributed by atoms with Crippen LogP contribution >= 0.6 is 11.3 Å². The summed E-state index contributed by atoms with van der Waals surface area (Å²) >= 11 is 1.34.